The van der Waals surface area contributed by atoms with Crippen LogP contribution in [0.15, 0.2) is 54.6 Å². The van der Waals surface area contributed by atoms with E-state index in [-0.39, 0.29) is 6.04 Å². The van der Waals surface area contributed by atoms with E-state index in [1.54, 1.807) is 0 Å². The molecule has 1 saturated heterocycles. The number of aldehydes is 1. The maximum atomic E-state index is 11.3. The Kier molecular flexibility index (Phi) is 6.76. The van der Waals surface area contributed by atoms with Gasteiger partial charge in [0.25, 0.3) is 0 Å². The third-order valence-electron chi connectivity index (χ3n) is 5.72. The Bertz CT molecular complexity index is 1130. The molecule has 0 spiro atoms. The van der Waals surface area contributed by atoms with E-state index >= 15 is 0 Å². The van der Waals surface area contributed by atoms with Crippen LogP contribution in [0.1, 0.15) is 41.8 Å². The minimum absolute atomic E-state index is 0.0475. The van der Waals surface area contributed by atoms with Gasteiger partial charge in [-0.05, 0) is 61.1 Å². The highest BCUT2D eigenvalue weighted by atomic mass is 35.5. The van der Waals surface area contributed by atoms with Gasteiger partial charge in [-0.1, -0.05) is 66.4 Å². The van der Waals surface area contributed by atoms with Crippen molar-refractivity contribution >= 4 is 17.9 Å². The van der Waals surface area contributed by atoms with Crippen LogP contribution in [-0.2, 0) is 11.3 Å². The molecule has 1 aliphatic rings. The number of likely N-dealkylation sites (tertiary alicyclic amines) is 1. The summed E-state index contributed by atoms with van der Waals surface area (Å²) in [5, 5.41) is 9.04. The van der Waals surface area contributed by atoms with Crippen molar-refractivity contribution in [3.05, 3.63) is 82.1 Å². The Morgan fingerprint density at radius 1 is 1.10 bits per heavy atom. The summed E-state index contributed by atoms with van der Waals surface area (Å²) in [6.07, 6.45) is 4.11. The zero-order chi connectivity index (χ0) is 21.6. The van der Waals surface area contributed by atoms with Gasteiger partial charge in [0.15, 0.2) is 5.69 Å². The molecule has 0 bridgehead atoms. The summed E-state index contributed by atoms with van der Waals surface area (Å²) in [6, 6.07) is 18.1. The maximum Gasteiger partial charge on any atom is 0.154 e. The van der Waals surface area contributed by atoms with E-state index in [0.29, 0.717) is 17.3 Å². The average Bonchev–Trinajstić information content (AvgIpc) is 2.80. The first kappa shape index (κ1) is 21.2. The highest BCUT2D eigenvalue weighted by Crippen LogP contribution is 2.25. The number of piperidine rings is 1. The van der Waals surface area contributed by atoms with Gasteiger partial charge in [-0.25, -0.2) is 0 Å². The Hall–Kier alpha value is -3.00. The normalized spacial score (nSPS) is 16.4. The van der Waals surface area contributed by atoms with E-state index < -0.39 is 0 Å². The number of hydrogen-bond donors (Lipinski definition) is 0. The molecular weight excluding hydrogens is 406 g/mol. The number of carbonyl (C=O) groups is 1. The van der Waals surface area contributed by atoms with Crippen molar-refractivity contribution in [2.45, 2.75) is 38.8 Å². The number of hydrogen-bond acceptors (Lipinski definition) is 4. The smallest absolute Gasteiger partial charge is 0.154 e. The van der Waals surface area contributed by atoms with Crippen molar-refractivity contribution in [3.63, 3.8) is 0 Å². The average molecular weight is 430 g/mol. The number of carbonyl (C=O) groups excluding carboxylic acids is 1. The molecule has 0 aliphatic carbocycles. The number of halogens is 1. The van der Waals surface area contributed by atoms with E-state index in [2.05, 4.69) is 52.1 Å². The second kappa shape index (κ2) is 9.87. The Morgan fingerprint density at radius 3 is 2.71 bits per heavy atom. The van der Waals surface area contributed by atoms with Crippen molar-refractivity contribution in [2.75, 3.05) is 6.54 Å². The first-order valence-corrected chi connectivity index (χ1v) is 10.9. The van der Waals surface area contributed by atoms with Crippen LogP contribution in [0.25, 0.3) is 11.1 Å². The summed E-state index contributed by atoms with van der Waals surface area (Å²) in [5.41, 5.74) is 5.59. The molecule has 2 heterocycles. The summed E-state index contributed by atoms with van der Waals surface area (Å²) < 4.78 is 0. The first-order chi connectivity index (χ1) is 15.2. The van der Waals surface area contributed by atoms with E-state index in [4.69, 9.17) is 11.6 Å². The third kappa shape index (κ3) is 5.02. The fourth-order valence-electron chi connectivity index (χ4n) is 3.97. The standard InChI is InChI=1S/C26H24ClN3O/c1-19-20(10-7-12-24(19)21-8-3-2-4-9-21)13-14-26-25(27)16-22(28-29-26)17-30-15-6-5-11-23(30)18-31/h2-4,7-10,12,16,18,23H,5-6,11,15,17H2,1H3. The van der Waals surface area contributed by atoms with Gasteiger partial charge in [-0.3, -0.25) is 4.90 Å². The number of rotatable bonds is 4. The topological polar surface area (TPSA) is 46.1 Å². The van der Waals surface area contributed by atoms with E-state index in [1.807, 2.05) is 36.4 Å². The van der Waals surface area contributed by atoms with Crippen molar-refractivity contribution in [3.8, 4) is 23.0 Å². The minimum atomic E-state index is -0.0475. The number of benzene rings is 2. The molecule has 31 heavy (non-hydrogen) atoms. The van der Waals surface area contributed by atoms with E-state index in [1.165, 1.54) is 0 Å². The van der Waals surface area contributed by atoms with Gasteiger partial charge in [0, 0.05) is 12.1 Å². The van der Waals surface area contributed by atoms with E-state index in [9.17, 15) is 4.79 Å². The molecule has 4 rings (SSSR count). The fraction of sp³-hybridized carbons (Fsp3) is 0.269. The summed E-state index contributed by atoms with van der Waals surface area (Å²) in [6.45, 7) is 3.54. The Balaban J connectivity index is 1.54. The fourth-order valence-corrected chi connectivity index (χ4v) is 4.18. The van der Waals surface area contributed by atoms with Gasteiger partial charge < -0.3 is 4.79 Å². The van der Waals surface area contributed by atoms with E-state index in [0.717, 1.165) is 60.0 Å². The number of aromatic nitrogens is 2. The zero-order valence-corrected chi connectivity index (χ0v) is 18.3. The lowest BCUT2D eigenvalue weighted by molar-refractivity contribution is -0.113. The van der Waals surface area contributed by atoms with Crippen LogP contribution in [0.3, 0.4) is 0 Å². The second-order valence-corrected chi connectivity index (χ2v) is 8.20. The van der Waals surface area contributed by atoms with Gasteiger partial charge in [0.1, 0.15) is 6.29 Å². The lowest BCUT2D eigenvalue weighted by Gasteiger charge is -2.31. The van der Waals surface area contributed by atoms with Crippen LogP contribution in [0, 0.1) is 18.8 Å². The molecule has 0 saturated carbocycles. The molecule has 156 valence electrons. The Labute approximate surface area is 188 Å². The Morgan fingerprint density at radius 2 is 1.94 bits per heavy atom. The highest BCUT2D eigenvalue weighted by Gasteiger charge is 2.22. The predicted molar refractivity (Wildman–Crippen MR) is 124 cm³/mol. The molecular formula is C26H24ClN3O. The van der Waals surface area contributed by atoms with Crippen LogP contribution in [-0.4, -0.2) is 34.0 Å². The third-order valence-corrected chi connectivity index (χ3v) is 6.01. The summed E-state index contributed by atoms with van der Waals surface area (Å²) in [4.78, 5) is 13.5. The van der Waals surface area contributed by atoms with Crippen molar-refractivity contribution in [2.24, 2.45) is 0 Å². The largest absolute Gasteiger partial charge is 0.302 e. The van der Waals surface area contributed by atoms with Gasteiger partial charge in [-0.2, -0.15) is 5.10 Å². The van der Waals surface area contributed by atoms with Gasteiger partial charge in [0.2, 0.25) is 0 Å². The van der Waals surface area contributed by atoms with Gasteiger partial charge in [0.05, 0.1) is 16.8 Å². The van der Waals surface area contributed by atoms with Crippen LogP contribution in [0.2, 0.25) is 5.02 Å². The maximum absolute atomic E-state index is 11.3. The first-order valence-electron chi connectivity index (χ1n) is 10.5. The molecule has 3 aromatic rings. The highest BCUT2D eigenvalue weighted by molar-refractivity contribution is 6.31. The number of nitrogens with zero attached hydrogens (tertiary/aromatic N) is 3. The molecule has 1 aromatic heterocycles. The molecule has 0 N–H and O–H groups in total. The molecule has 4 nitrogen and oxygen atoms in total. The molecule has 1 atom stereocenters. The minimum Gasteiger partial charge on any atom is -0.302 e. The molecule has 1 aliphatic heterocycles. The van der Waals surface area contributed by atoms with Crippen LogP contribution < -0.4 is 0 Å². The quantitative estimate of drug-likeness (QED) is 0.429. The molecule has 1 fully saturated rings. The molecule has 5 heteroatoms. The monoisotopic (exact) mass is 429 g/mol. The van der Waals surface area contributed by atoms with Crippen molar-refractivity contribution in [1.29, 1.82) is 0 Å². The molecule has 0 amide bonds. The molecule has 0 radical (unpaired) electrons. The van der Waals surface area contributed by atoms with Gasteiger partial charge in [-0.15, -0.1) is 5.10 Å². The lowest BCUT2D eigenvalue weighted by atomic mass is 9.97. The lowest BCUT2D eigenvalue weighted by Crippen LogP contribution is -2.40. The second-order valence-electron chi connectivity index (χ2n) is 7.80. The zero-order valence-electron chi connectivity index (χ0n) is 17.5. The molecule has 1 unspecified atom stereocenters. The van der Waals surface area contributed by atoms with Crippen LogP contribution in [0.4, 0.5) is 0 Å². The van der Waals surface area contributed by atoms with Crippen LogP contribution in [0.5, 0.6) is 0 Å². The van der Waals surface area contributed by atoms with Crippen LogP contribution >= 0.6 is 11.6 Å². The summed E-state index contributed by atoms with van der Waals surface area (Å²) in [7, 11) is 0. The SMILES string of the molecule is Cc1c(C#Cc2nnc(CN3CCCCC3C=O)cc2Cl)cccc1-c1ccccc1. The predicted octanol–water partition coefficient (Wildman–Crippen LogP) is 5.06. The summed E-state index contributed by atoms with van der Waals surface area (Å²) >= 11 is 6.46. The summed E-state index contributed by atoms with van der Waals surface area (Å²) in [5.74, 6) is 6.28. The van der Waals surface area contributed by atoms with Crippen molar-refractivity contribution in [1.82, 2.24) is 15.1 Å². The van der Waals surface area contributed by atoms with Crippen molar-refractivity contribution < 1.29 is 4.79 Å². The molecule has 2 aromatic carbocycles. The van der Waals surface area contributed by atoms with Gasteiger partial charge >= 0.3 is 0 Å².